The van der Waals surface area contributed by atoms with E-state index in [1.807, 2.05) is 6.07 Å². The Labute approximate surface area is 100 Å². The lowest BCUT2D eigenvalue weighted by molar-refractivity contribution is -0.138. The zero-order chi connectivity index (χ0) is 12.8. The predicted octanol–water partition coefficient (Wildman–Crippen LogP) is 2.45. The van der Waals surface area contributed by atoms with Gasteiger partial charge in [0.15, 0.2) is 0 Å². The van der Waals surface area contributed by atoms with Crippen LogP contribution in [0.4, 0.5) is 0 Å². The first-order valence-electron chi connectivity index (χ1n) is 5.29. The highest BCUT2D eigenvalue weighted by Gasteiger charge is 2.20. The predicted molar refractivity (Wildman–Crippen MR) is 65.2 cm³/mol. The fourth-order valence-electron chi connectivity index (χ4n) is 1.38. The molecule has 1 rings (SSSR count). The number of carbonyl (C=O) groups is 1. The minimum Gasteiger partial charge on any atom is -0.512 e. The number of hydrogen-bond donors (Lipinski definition) is 2. The number of aliphatic hydroxyl groups is 1. The molecule has 0 aromatic heterocycles. The summed E-state index contributed by atoms with van der Waals surface area (Å²) < 4.78 is 4.81. The normalized spacial score (nSPS) is 11.6. The molecule has 0 heterocycles. The molecule has 0 unspecified atom stereocenters. The lowest BCUT2D eigenvalue weighted by atomic mass is 10.0. The standard InChI is InChI=1S/C13H15NO3/c1-3-17-13(16)11(9(2)15)12(14)10-7-5-4-6-8-10/h4-8,14-15H,3H2,1-2H3. The average molecular weight is 233 g/mol. The van der Waals surface area contributed by atoms with Gasteiger partial charge in [0.1, 0.15) is 11.3 Å². The number of benzene rings is 1. The van der Waals surface area contributed by atoms with Crippen LogP contribution >= 0.6 is 0 Å². The third-order valence-corrected chi connectivity index (χ3v) is 2.15. The second-order valence-corrected chi connectivity index (χ2v) is 3.42. The summed E-state index contributed by atoms with van der Waals surface area (Å²) in [4.78, 5) is 11.6. The van der Waals surface area contributed by atoms with Crippen LogP contribution in [-0.2, 0) is 9.53 Å². The maximum Gasteiger partial charge on any atom is 0.343 e. The Hall–Kier alpha value is -2.10. The van der Waals surface area contributed by atoms with Crippen molar-refractivity contribution in [1.29, 1.82) is 5.41 Å². The van der Waals surface area contributed by atoms with Crippen molar-refractivity contribution in [3.05, 3.63) is 47.2 Å². The van der Waals surface area contributed by atoms with Gasteiger partial charge in [-0.05, 0) is 13.8 Å². The number of nitrogens with one attached hydrogen (secondary N) is 1. The van der Waals surface area contributed by atoms with Crippen LogP contribution < -0.4 is 0 Å². The molecule has 1 aromatic rings. The lowest BCUT2D eigenvalue weighted by Crippen LogP contribution is -2.18. The van der Waals surface area contributed by atoms with Crippen LogP contribution in [0.3, 0.4) is 0 Å². The van der Waals surface area contributed by atoms with Gasteiger partial charge in [-0.25, -0.2) is 4.79 Å². The molecule has 0 atom stereocenters. The van der Waals surface area contributed by atoms with E-state index in [9.17, 15) is 9.90 Å². The number of allylic oxidation sites excluding steroid dienone is 1. The fourth-order valence-corrected chi connectivity index (χ4v) is 1.38. The molecule has 2 N–H and O–H groups in total. The molecule has 4 heteroatoms. The van der Waals surface area contributed by atoms with Gasteiger partial charge in [0, 0.05) is 5.56 Å². The number of ether oxygens (including phenoxy) is 1. The summed E-state index contributed by atoms with van der Waals surface area (Å²) in [6, 6.07) is 8.74. The Morgan fingerprint density at radius 2 is 1.94 bits per heavy atom. The maximum atomic E-state index is 11.6. The smallest absolute Gasteiger partial charge is 0.343 e. The molecule has 0 amide bonds. The Kier molecular flexibility index (Phi) is 4.46. The molecule has 0 aliphatic carbocycles. The molecule has 0 saturated carbocycles. The minimum atomic E-state index is -0.679. The van der Waals surface area contributed by atoms with E-state index in [1.165, 1.54) is 6.92 Å². The molecule has 0 radical (unpaired) electrons. The van der Waals surface area contributed by atoms with Crippen molar-refractivity contribution in [2.75, 3.05) is 6.61 Å². The largest absolute Gasteiger partial charge is 0.512 e. The van der Waals surface area contributed by atoms with E-state index in [1.54, 1.807) is 31.2 Å². The number of carbonyl (C=O) groups excluding carboxylic acids is 1. The summed E-state index contributed by atoms with van der Waals surface area (Å²) >= 11 is 0. The molecule has 0 bridgehead atoms. The monoisotopic (exact) mass is 233 g/mol. The van der Waals surface area contributed by atoms with Crippen molar-refractivity contribution in [1.82, 2.24) is 0 Å². The number of rotatable bonds is 4. The minimum absolute atomic E-state index is 0.0379. The van der Waals surface area contributed by atoms with Crippen LogP contribution in [0.15, 0.2) is 41.7 Å². The van der Waals surface area contributed by atoms with Gasteiger partial charge in [0.2, 0.25) is 0 Å². The summed E-state index contributed by atoms with van der Waals surface area (Å²) in [7, 11) is 0. The highest BCUT2D eigenvalue weighted by atomic mass is 16.5. The van der Waals surface area contributed by atoms with Crippen LogP contribution in [0.5, 0.6) is 0 Å². The highest BCUT2D eigenvalue weighted by molar-refractivity contribution is 6.25. The van der Waals surface area contributed by atoms with Gasteiger partial charge in [-0.15, -0.1) is 0 Å². The first kappa shape index (κ1) is 13.0. The van der Waals surface area contributed by atoms with Gasteiger partial charge in [-0.1, -0.05) is 30.3 Å². The third kappa shape index (κ3) is 3.17. The van der Waals surface area contributed by atoms with Gasteiger partial charge in [-0.3, -0.25) is 5.41 Å². The topological polar surface area (TPSA) is 70.4 Å². The molecule has 0 aliphatic heterocycles. The van der Waals surface area contributed by atoms with Crippen LogP contribution in [-0.4, -0.2) is 23.4 Å². The van der Waals surface area contributed by atoms with Crippen LogP contribution in [0.1, 0.15) is 19.4 Å². The highest BCUT2D eigenvalue weighted by Crippen LogP contribution is 2.12. The summed E-state index contributed by atoms with van der Waals surface area (Å²) in [6.07, 6.45) is 0. The lowest BCUT2D eigenvalue weighted by Gasteiger charge is -2.09. The Morgan fingerprint density at radius 3 is 2.41 bits per heavy atom. The van der Waals surface area contributed by atoms with Crippen molar-refractivity contribution in [2.45, 2.75) is 13.8 Å². The molecular weight excluding hydrogens is 218 g/mol. The number of esters is 1. The van der Waals surface area contributed by atoms with E-state index in [4.69, 9.17) is 10.1 Å². The maximum absolute atomic E-state index is 11.6. The van der Waals surface area contributed by atoms with E-state index >= 15 is 0 Å². The van der Waals surface area contributed by atoms with Gasteiger partial charge in [0.25, 0.3) is 0 Å². The average Bonchev–Trinajstić information content (AvgIpc) is 2.30. The molecule has 4 nitrogen and oxygen atoms in total. The van der Waals surface area contributed by atoms with E-state index in [2.05, 4.69) is 0 Å². The molecule has 0 aliphatic rings. The van der Waals surface area contributed by atoms with Crippen molar-refractivity contribution in [2.24, 2.45) is 0 Å². The van der Waals surface area contributed by atoms with Gasteiger partial charge in [0.05, 0.1) is 12.3 Å². The molecule has 0 fully saturated rings. The van der Waals surface area contributed by atoms with Crippen LogP contribution in [0.2, 0.25) is 0 Å². The summed E-state index contributed by atoms with van der Waals surface area (Å²) in [5, 5.41) is 17.4. The summed E-state index contributed by atoms with van der Waals surface area (Å²) in [5.74, 6) is -0.890. The zero-order valence-electron chi connectivity index (χ0n) is 9.86. The number of hydrogen-bond acceptors (Lipinski definition) is 4. The second kappa shape index (κ2) is 5.84. The SMILES string of the molecule is CCOC(=O)C(C(=N)c1ccccc1)=C(C)O. The van der Waals surface area contributed by atoms with Gasteiger partial charge >= 0.3 is 5.97 Å². The molecule has 90 valence electrons. The summed E-state index contributed by atoms with van der Waals surface area (Å²) in [6.45, 7) is 3.25. The summed E-state index contributed by atoms with van der Waals surface area (Å²) in [5.41, 5.74) is 0.422. The Balaban J connectivity index is 3.07. The molecule has 0 spiro atoms. The zero-order valence-corrected chi connectivity index (χ0v) is 9.86. The van der Waals surface area contributed by atoms with Crippen LogP contribution in [0.25, 0.3) is 0 Å². The van der Waals surface area contributed by atoms with Crippen LogP contribution in [0, 0.1) is 5.41 Å². The number of aliphatic hydroxyl groups excluding tert-OH is 1. The van der Waals surface area contributed by atoms with Gasteiger partial charge in [-0.2, -0.15) is 0 Å². The molecular formula is C13H15NO3. The first-order chi connectivity index (χ1) is 8.07. The quantitative estimate of drug-likeness (QED) is 0.363. The third-order valence-electron chi connectivity index (χ3n) is 2.15. The van der Waals surface area contributed by atoms with E-state index in [0.717, 1.165) is 0 Å². The van der Waals surface area contributed by atoms with E-state index in [0.29, 0.717) is 5.56 Å². The molecule has 0 saturated heterocycles. The van der Waals surface area contributed by atoms with Crippen molar-refractivity contribution in [3.63, 3.8) is 0 Å². The van der Waals surface area contributed by atoms with E-state index < -0.39 is 5.97 Å². The fraction of sp³-hybridized carbons (Fsp3) is 0.231. The van der Waals surface area contributed by atoms with E-state index in [-0.39, 0.29) is 23.7 Å². The Morgan fingerprint density at radius 1 is 1.35 bits per heavy atom. The second-order valence-electron chi connectivity index (χ2n) is 3.42. The van der Waals surface area contributed by atoms with Crippen molar-refractivity contribution in [3.8, 4) is 0 Å². The molecule has 1 aromatic carbocycles. The first-order valence-corrected chi connectivity index (χ1v) is 5.29. The molecule has 17 heavy (non-hydrogen) atoms. The van der Waals surface area contributed by atoms with Crippen molar-refractivity contribution < 1.29 is 14.6 Å². The van der Waals surface area contributed by atoms with Gasteiger partial charge < -0.3 is 9.84 Å². The van der Waals surface area contributed by atoms with Crippen molar-refractivity contribution >= 4 is 11.7 Å². The Bertz CT molecular complexity index is 445.